The molecule has 31 heteroatoms. The van der Waals surface area contributed by atoms with E-state index in [1.54, 1.807) is 137 Å². The molecule has 0 aliphatic carbocycles. The van der Waals surface area contributed by atoms with Crippen molar-refractivity contribution in [2.45, 2.75) is 25.4 Å². The number of benzene rings is 9. The third-order valence-electron chi connectivity index (χ3n) is 18.3. The minimum absolute atomic E-state index is 0.0336. The minimum Gasteiger partial charge on any atom is -0.493 e. The molecule has 0 aliphatic heterocycles. The van der Waals surface area contributed by atoms with Gasteiger partial charge in [-0.1, -0.05) is 152 Å². The number of carboxylic acids is 1. The summed E-state index contributed by atoms with van der Waals surface area (Å²) in [6.07, 6.45) is 19.8. The number of nitrogens with zero attached hydrogens (tertiary/aromatic N) is 2. The number of rotatable bonds is 20. The number of aldehydes is 1. The lowest BCUT2D eigenvalue weighted by Gasteiger charge is -2.13. The van der Waals surface area contributed by atoms with E-state index in [2.05, 4.69) is 104 Å². The van der Waals surface area contributed by atoms with Crippen LogP contribution in [-0.4, -0.2) is 91.7 Å². The highest BCUT2D eigenvalue weighted by molar-refractivity contribution is 9.11. The molecule has 1 amide bonds. The number of methoxy groups -OCH3 is 4. The lowest BCUT2D eigenvalue weighted by molar-refractivity contribution is 0.0694. The Morgan fingerprint density at radius 1 is 0.425 bits per heavy atom. The van der Waals surface area contributed by atoms with E-state index in [-0.39, 0.29) is 44.6 Å². The number of hydrogen-bond acceptors (Lipinski definition) is 18. The Morgan fingerprint density at radius 2 is 0.803 bits per heavy atom. The lowest BCUT2D eigenvalue weighted by Crippen LogP contribution is -2.24. The van der Waals surface area contributed by atoms with Gasteiger partial charge < -0.3 is 74.6 Å². The van der Waals surface area contributed by atoms with E-state index in [0.717, 1.165) is 40.2 Å². The Kier molecular flexibility index (Phi) is 35.4. The third kappa shape index (κ3) is 26.8. The monoisotopic (exact) mass is 1970 g/mol. The Bertz CT molecular complexity index is 6740. The molecule has 127 heavy (non-hydrogen) atoms. The van der Waals surface area contributed by atoms with Gasteiger partial charge in [0.2, 0.25) is 10.9 Å². The van der Waals surface area contributed by atoms with Gasteiger partial charge in [0.1, 0.15) is 35.0 Å². The predicted molar refractivity (Wildman–Crippen MR) is 498 cm³/mol. The molecule has 0 saturated heterocycles. The van der Waals surface area contributed by atoms with Gasteiger partial charge in [0.05, 0.1) is 57.4 Å². The number of H-pyrrole nitrogens is 5. The van der Waals surface area contributed by atoms with Crippen molar-refractivity contribution in [2.75, 3.05) is 39.5 Å². The minimum atomic E-state index is -1.21. The number of nitrogens with one attached hydrogen (secondary N) is 6. The van der Waals surface area contributed by atoms with Crippen molar-refractivity contribution in [1.29, 1.82) is 0 Å². The van der Waals surface area contributed by atoms with Crippen LogP contribution in [0, 0.1) is 11.6 Å². The van der Waals surface area contributed by atoms with E-state index in [4.69, 9.17) is 39.3 Å². The number of nitrogen functional groups attached to an aromatic ring is 1. The van der Waals surface area contributed by atoms with Gasteiger partial charge >= 0.3 is 5.97 Å². The molecule has 1 atom stereocenters. The van der Waals surface area contributed by atoms with Gasteiger partial charge in [-0.05, 0) is 135 Å². The number of anilines is 2. The maximum Gasteiger partial charge on any atom is 0.341 e. The van der Waals surface area contributed by atoms with Crippen LogP contribution in [0.3, 0.4) is 0 Å². The molecule has 16 aromatic rings. The molecule has 9 aromatic carbocycles. The molecule has 16 rings (SSSR count). The lowest BCUT2D eigenvalue weighted by atomic mass is 10.0. The molecule has 7 heterocycles. The van der Waals surface area contributed by atoms with E-state index >= 15 is 4.39 Å². The second-order valence-corrected chi connectivity index (χ2v) is 30.3. The summed E-state index contributed by atoms with van der Waals surface area (Å²) in [7, 11) is 6.13. The largest absolute Gasteiger partial charge is 0.493 e. The number of carbonyl (C=O) groups is 3. The number of carboxylic acid groups (broad SMARTS) is 1. The van der Waals surface area contributed by atoms with Gasteiger partial charge in [0.15, 0.2) is 62.4 Å². The first-order valence-corrected chi connectivity index (χ1v) is 41.3. The first-order valence-electron chi connectivity index (χ1n) is 38.1. The maximum atomic E-state index is 15.0. The van der Waals surface area contributed by atoms with Crippen molar-refractivity contribution in [3.8, 4) is 46.0 Å². The fourth-order valence-electron chi connectivity index (χ4n) is 12.0. The average Bonchev–Trinajstić information content (AvgIpc) is 0.797. The second kappa shape index (κ2) is 47.4. The van der Waals surface area contributed by atoms with Crippen molar-refractivity contribution in [1.82, 2.24) is 34.9 Å². The van der Waals surface area contributed by atoms with Gasteiger partial charge in [-0.15, -0.1) is 0 Å². The number of fused-ring (bicyclic) bond motifs is 2. The van der Waals surface area contributed by atoms with Crippen molar-refractivity contribution in [3.05, 3.63) is 441 Å². The Morgan fingerprint density at radius 3 is 1.23 bits per heavy atom. The van der Waals surface area contributed by atoms with Gasteiger partial charge in [0.25, 0.3) is 5.91 Å². The van der Waals surface area contributed by atoms with Crippen LogP contribution in [0.1, 0.15) is 81.7 Å². The number of nitrogens with two attached hydrogens (primary N) is 1. The van der Waals surface area contributed by atoms with E-state index in [1.807, 2.05) is 127 Å². The molecule has 646 valence electrons. The fraction of sp³-hybridized carbons (Fsp3) is 0.0833. The Balaban J connectivity index is 0.000000165. The van der Waals surface area contributed by atoms with Crippen LogP contribution in [0.25, 0.3) is 21.8 Å². The number of halogens is 6. The first kappa shape index (κ1) is 94.7. The van der Waals surface area contributed by atoms with E-state index < -0.39 is 40.5 Å². The fourth-order valence-corrected chi connectivity index (χ4v) is 13.7. The Hall–Kier alpha value is -14.5. The summed E-state index contributed by atoms with van der Waals surface area (Å²) < 4.78 is 63.8. The zero-order chi connectivity index (χ0) is 90.9. The Labute approximate surface area is 757 Å². The second-order valence-electron chi connectivity index (χ2n) is 26.9. The number of amides is 1. The zero-order valence-corrected chi connectivity index (χ0v) is 74.3. The van der Waals surface area contributed by atoms with Crippen LogP contribution in [0.2, 0.25) is 0 Å². The van der Waals surface area contributed by atoms with Gasteiger partial charge in [-0.3, -0.25) is 43.5 Å². The quantitative estimate of drug-likeness (QED) is 0.0253. The number of aromatic nitrogens is 7. The van der Waals surface area contributed by atoms with Crippen molar-refractivity contribution < 1.29 is 61.8 Å². The zero-order valence-electron chi connectivity index (χ0n) is 67.9. The number of aromatic amines is 5. The average molecular weight is 1970 g/mol. The number of aliphatic hydroxyl groups excluding tert-OH is 1. The predicted octanol–water partition coefficient (Wildman–Crippen LogP) is 19.5. The molecule has 25 nitrogen and oxygen atoms in total. The first-order chi connectivity index (χ1) is 61.4. The van der Waals surface area contributed by atoms with Crippen molar-refractivity contribution in [2.24, 2.45) is 0 Å². The standard InChI is InChI=1S/C30H24FN3O5.C17H15FN2O3.C13H11NO3.C12H10BrNO2.C12H10BrNO.C7H6O.C5H3Br2NO/c1-37-27-14-21-24(15-28(27)38-2)33-11-10-25(21)39-26-9-8-20(13-23(26)31)34-30(36)22-17-32-16-19(29(22)35)12-18-6-4-3-5-7-18;1-21-16-8-11-13(9-17(16)22-2)20-6-5-14(11)23-15-4-3-10(19)7-12(15)18;15-12-10(6-9-4-2-1-3-5-9)7-14-8-11(12)13(16)17;13-10-7-14-6-9(12(10)16)11(15)8-4-2-1-3-5-8;13-11-8-14-7-10(12(11)15)6-9-4-2-1-3-5-9;8-6-7-4-2-1-3-5-7;6-3-1-8-2-4(7)5(3)9/h3-11,13-17H,12H2,1-2H3,(H,32,35)(H,34,36);3-9H,19H2,1-2H3;1-5,7-8H,6H2,(H,14,15)(H,16,17);1-7,11,15H,(H,14,16);1-5,7-8H,6H2,(H,14,15);1-6H;1-2H,(H,8,9). The van der Waals surface area contributed by atoms with E-state index in [9.17, 15) is 47.9 Å². The summed E-state index contributed by atoms with van der Waals surface area (Å²) in [6, 6.07) is 65.4. The number of hydrogen-bond donors (Lipinski definition) is 9. The molecule has 0 fully saturated rings. The number of aliphatic hydroxyl groups is 1. The van der Waals surface area contributed by atoms with E-state index in [1.165, 1.54) is 57.1 Å². The van der Waals surface area contributed by atoms with Gasteiger partial charge in [0, 0.05) is 168 Å². The highest BCUT2D eigenvalue weighted by Gasteiger charge is 2.21. The molecular formula is C96H79Br4F2N9O16. The van der Waals surface area contributed by atoms with Gasteiger partial charge in [-0.2, -0.15) is 0 Å². The van der Waals surface area contributed by atoms with Gasteiger partial charge in [-0.25, -0.2) is 13.6 Å². The van der Waals surface area contributed by atoms with Crippen LogP contribution in [-0.2, 0) is 19.3 Å². The third-order valence-corrected chi connectivity index (χ3v) is 20.7. The topological polar surface area (TPSA) is 375 Å². The molecule has 0 spiro atoms. The molecule has 0 bridgehead atoms. The highest BCUT2D eigenvalue weighted by atomic mass is 79.9. The number of carbonyl (C=O) groups excluding carboxylic acids is 2. The molecule has 0 aliphatic rings. The number of ether oxygens (including phenoxy) is 6. The molecule has 7 aromatic heterocycles. The SMILES string of the molecule is COc1cc2nccc(Oc3ccc(N)cc3F)c2cc1OC.COc1cc2nccc(Oc3ccc(NC(=O)c4c[nH]cc(Cc5ccccc5)c4=O)cc3F)c2cc1OC.O=C(O)c1c[nH]cc(Cc2ccccc2)c1=O.O=Cc1ccccc1.O=c1c(Br)c[nH]cc1Br.O=c1c(Br)c[nH]cc1C(O)c1ccccc1.O=c1c(Br)c[nH]cc1Cc1ccccc1. The van der Waals surface area contributed by atoms with Crippen LogP contribution < -0.4 is 66.6 Å². The smallest absolute Gasteiger partial charge is 0.341 e. The summed E-state index contributed by atoms with van der Waals surface area (Å²) in [5, 5.41) is 22.8. The molecular weight excluding hydrogens is 1890 g/mol. The summed E-state index contributed by atoms with van der Waals surface area (Å²) in [5.74, 6) is -0.173. The summed E-state index contributed by atoms with van der Waals surface area (Å²) in [5.41, 5.74) is 12.5. The van der Waals surface area contributed by atoms with Crippen molar-refractivity contribution >= 4 is 115 Å². The summed E-state index contributed by atoms with van der Waals surface area (Å²) in [4.78, 5) is 115. The van der Waals surface area contributed by atoms with Crippen LogP contribution in [0.5, 0.6) is 46.0 Å². The molecule has 0 saturated carbocycles. The van der Waals surface area contributed by atoms with Crippen LogP contribution >= 0.6 is 63.7 Å². The number of pyridine rings is 7. The van der Waals surface area contributed by atoms with E-state index in [0.29, 0.717) is 121 Å². The summed E-state index contributed by atoms with van der Waals surface area (Å²) in [6.45, 7) is 0. The highest BCUT2D eigenvalue weighted by Crippen LogP contribution is 2.40. The number of aromatic carboxylic acids is 1. The molecule has 10 N–H and O–H groups in total. The molecule has 0 radical (unpaired) electrons. The van der Waals surface area contributed by atoms with Crippen LogP contribution in [0.4, 0.5) is 20.2 Å². The van der Waals surface area contributed by atoms with Crippen LogP contribution in [0.15, 0.2) is 341 Å². The normalized spacial score (nSPS) is 10.5. The summed E-state index contributed by atoms with van der Waals surface area (Å²) >= 11 is 12.5. The molecule has 1 unspecified atom stereocenters. The maximum absolute atomic E-state index is 15.0. The van der Waals surface area contributed by atoms with Crippen molar-refractivity contribution in [3.63, 3.8) is 0 Å².